The second kappa shape index (κ2) is 9.34. The molecule has 3 aromatic rings. The zero-order chi connectivity index (χ0) is 22.0. The molecule has 1 aromatic heterocycles. The summed E-state index contributed by atoms with van der Waals surface area (Å²) < 4.78 is 6.62. The predicted molar refractivity (Wildman–Crippen MR) is 129 cm³/mol. The summed E-state index contributed by atoms with van der Waals surface area (Å²) in [5.41, 5.74) is 5.08. The van der Waals surface area contributed by atoms with E-state index in [4.69, 9.17) is 9.72 Å². The first kappa shape index (κ1) is 21.7. The third kappa shape index (κ3) is 4.74. The molecule has 0 radical (unpaired) electrons. The monoisotopic (exact) mass is 438 g/mol. The van der Waals surface area contributed by atoms with Crippen LogP contribution in [0.15, 0.2) is 36.4 Å². The highest BCUT2D eigenvalue weighted by Crippen LogP contribution is 2.33. The fourth-order valence-electron chi connectivity index (χ4n) is 3.77. The number of aryl methyl sites for hydroxylation is 2. The summed E-state index contributed by atoms with van der Waals surface area (Å²) in [4.78, 5) is 24.7. The maximum absolute atomic E-state index is 13.6. The normalized spacial score (nSPS) is 14.7. The van der Waals surface area contributed by atoms with Gasteiger partial charge in [-0.2, -0.15) is 0 Å². The summed E-state index contributed by atoms with van der Waals surface area (Å²) >= 11 is 1.61. The van der Waals surface area contributed by atoms with E-state index in [-0.39, 0.29) is 5.91 Å². The van der Waals surface area contributed by atoms with Gasteiger partial charge in [-0.05, 0) is 49.2 Å². The van der Waals surface area contributed by atoms with E-state index in [9.17, 15) is 4.79 Å². The van der Waals surface area contributed by atoms with Gasteiger partial charge in [0.1, 0.15) is 0 Å². The van der Waals surface area contributed by atoms with Crippen molar-refractivity contribution in [3.63, 3.8) is 0 Å². The van der Waals surface area contributed by atoms with Crippen LogP contribution in [0.4, 0.5) is 10.8 Å². The minimum absolute atomic E-state index is 0.00655. The lowest BCUT2D eigenvalue weighted by molar-refractivity contribution is 0.0391. The van der Waals surface area contributed by atoms with E-state index < -0.39 is 0 Å². The smallest absolute Gasteiger partial charge is 0.260 e. The molecule has 31 heavy (non-hydrogen) atoms. The minimum atomic E-state index is -0.00655. The molecule has 0 aliphatic carbocycles. The Morgan fingerprint density at radius 2 is 1.74 bits per heavy atom. The number of carbonyl (C=O) groups is 1. The molecule has 0 atom stereocenters. The van der Waals surface area contributed by atoms with Gasteiger partial charge in [0.15, 0.2) is 5.13 Å². The molecule has 7 heteroatoms. The number of hydrogen-bond donors (Lipinski definition) is 0. The van der Waals surface area contributed by atoms with Gasteiger partial charge in [0.2, 0.25) is 0 Å². The second-order valence-electron chi connectivity index (χ2n) is 8.23. The lowest BCUT2D eigenvalue weighted by Gasteiger charge is -2.29. The summed E-state index contributed by atoms with van der Waals surface area (Å²) in [6.45, 7) is 8.88. The average molecular weight is 439 g/mol. The molecule has 164 valence electrons. The molecule has 0 unspecified atom stereocenters. The maximum atomic E-state index is 13.6. The Hall–Kier alpha value is -2.48. The fraction of sp³-hybridized carbons (Fsp3) is 0.417. The van der Waals surface area contributed by atoms with Crippen molar-refractivity contribution >= 4 is 38.3 Å². The molecule has 2 heterocycles. The summed E-state index contributed by atoms with van der Waals surface area (Å²) in [6.07, 6.45) is 0. The second-order valence-corrected chi connectivity index (χ2v) is 9.20. The molecule has 4 rings (SSSR count). The van der Waals surface area contributed by atoms with Crippen molar-refractivity contribution in [2.45, 2.75) is 13.8 Å². The molecule has 1 aliphatic rings. The first-order valence-electron chi connectivity index (χ1n) is 10.7. The summed E-state index contributed by atoms with van der Waals surface area (Å²) in [7, 11) is 3.99. The van der Waals surface area contributed by atoms with Crippen LogP contribution in [-0.2, 0) is 4.74 Å². The Balaban J connectivity index is 1.66. The van der Waals surface area contributed by atoms with E-state index in [1.54, 1.807) is 11.3 Å². The van der Waals surface area contributed by atoms with E-state index in [1.807, 2.05) is 48.2 Å². The number of ether oxygens (including phenoxy) is 1. The molecule has 0 N–H and O–H groups in total. The summed E-state index contributed by atoms with van der Waals surface area (Å²) in [5, 5.41) is 0.766. The van der Waals surface area contributed by atoms with Gasteiger partial charge in [-0.25, -0.2) is 4.98 Å². The number of rotatable bonds is 6. The van der Waals surface area contributed by atoms with Gasteiger partial charge in [-0.15, -0.1) is 0 Å². The lowest BCUT2D eigenvalue weighted by Crippen LogP contribution is -2.43. The van der Waals surface area contributed by atoms with Gasteiger partial charge < -0.3 is 9.64 Å². The van der Waals surface area contributed by atoms with E-state index in [2.05, 4.69) is 30.9 Å². The van der Waals surface area contributed by atoms with Gasteiger partial charge in [-0.1, -0.05) is 23.5 Å². The van der Waals surface area contributed by atoms with Gasteiger partial charge in [0, 0.05) is 51.5 Å². The van der Waals surface area contributed by atoms with Gasteiger partial charge in [0.05, 0.1) is 23.4 Å². The van der Waals surface area contributed by atoms with E-state index in [0.29, 0.717) is 12.1 Å². The lowest BCUT2D eigenvalue weighted by atomic mass is 10.1. The van der Waals surface area contributed by atoms with Crippen molar-refractivity contribution in [1.29, 1.82) is 0 Å². The number of aromatic nitrogens is 1. The van der Waals surface area contributed by atoms with Gasteiger partial charge in [-0.3, -0.25) is 14.6 Å². The Morgan fingerprint density at radius 3 is 2.39 bits per heavy atom. The quantitative estimate of drug-likeness (QED) is 0.583. The van der Waals surface area contributed by atoms with Crippen molar-refractivity contribution < 1.29 is 9.53 Å². The number of amides is 1. The molecular weight excluding hydrogens is 408 g/mol. The van der Waals surface area contributed by atoms with Crippen molar-refractivity contribution in [2.24, 2.45) is 0 Å². The highest BCUT2D eigenvalue weighted by molar-refractivity contribution is 7.22. The van der Waals surface area contributed by atoms with Crippen LogP contribution in [0.1, 0.15) is 21.5 Å². The van der Waals surface area contributed by atoms with Crippen LogP contribution in [0.3, 0.4) is 0 Å². The highest BCUT2D eigenvalue weighted by atomic mass is 32.1. The fourth-order valence-corrected chi connectivity index (χ4v) is 4.91. The Kier molecular flexibility index (Phi) is 6.55. The molecule has 0 saturated carbocycles. The van der Waals surface area contributed by atoms with Crippen LogP contribution < -0.4 is 9.80 Å². The summed E-state index contributed by atoms with van der Waals surface area (Å²) in [6, 6.07) is 12.0. The van der Waals surface area contributed by atoms with Crippen molar-refractivity contribution in [1.82, 2.24) is 9.88 Å². The number of fused-ring (bicyclic) bond motifs is 1. The standard InChI is InChI=1S/C24H30N4O2S/c1-17-5-6-18(2)22-21(17)25-24(31-22)28(12-11-27-13-15-30-16-14-27)23(29)19-7-9-20(10-8-19)26(3)4/h5-10H,11-16H2,1-4H3. The molecule has 6 nitrogen and oxygen atoms in total. The van der Waals surface area contributed by atoms with Crippen LogP contribution in [0.5, 0.6) is 0 Å². The molecule has 2 aromatic carbocycles. The third-order valence-electron chi connectivity index (χ3n) is 5.78. The number of anilines is 2. The first-order chi connectivity index (χ1) is 14.9. The number of carbonyl (C=O) groups excluding carboxylic acids is 1. The average Bonchev–Trinajstić information content (AvgIpc) is 3.24. The van der Waals surface area contributed by atoms with Crippen LogP contribution in [0.2, 0.25) is 0 Å². The van der Waals surface area contributed by atoms with Crippen LogP contribution in [0, 0.1) is 13.8 Å². The van der Waals surface area contributed by atoms with Crippen LogP contribution in [-0.4, -0.2) is 69.3 Å². The van der Waals surface area contributed by atoms with Crippen molar-refractivity contribution in [3.05, 3.63) is 53.1 Å². The molecule has 0 spiro atoms. The first-order valence-corrected chi connectivity index (χ1v) is 11.5. The van der Waals surface area contributed by atoms with Crippen molar-refractivity contribution in [2.75, 3.05) is 63.3 Å². The van der Waals surface area contributed by atoms with Gasteiger partial charge in [0.25, 0.3) is 5.91 Å². The number of nitrogens with zero attached hydrogens (tertiary/aromatic N) is 4. The third-order valence-corrected chi connectivity index (χ3v) is 6.99. The molecular formula is C24H30N4O2S. The SMILES string of the molecule is Cc1ccc(C)c2sc(N(CCN3CCOCC3)C(=O)c3ccc(N(C)C)cc3)nc12. The Labute approximate surface area is 188 Å². The Morgan fingerprint density at radius 1 is 1.06 bits per heavy atom. The van der Waals surface area contributed by atoms with E-state index >= 15 is 0 Å². The van der Waals surface area contributed by atoms with E-state index in [1.165, 1.54) is 5.56 Å². The number of benzene rings is 2. The van der Waals surface area contributed by atoms with Crippen LogP contribution in [0.25, 0.3) is 10.2 Å². The highest BCUT2D eigenvalue weighted by Gasteiger charge is 2.23. The molecule has 1 saturated heterocycles. The number of hydrogen-bond acceptors (Lipinski definition) is 6. The van der Waals surface area contributed by atoms with Gasteiger partial charge >= 0.3 is 0 Å². The summed E-state index contributed by atoms with van der Waals surface area (Å²) in [5.74, 6) is -0.00655. The molecule has 1 aliphatic heterocycles. The number of thiazole rings is 1. The zero-order valence-electron chi connectivity index (χ0n) is 18.7. The van der Waals surface area contributed by atoms with Crippen LogP contribution >= 0.6 is 11.3 Å². The molecule has 0 bridgehead atoms. The zero-order valence-corrected chi connectivity index (χ0v) is 19.5. The minimum Gasteiger partial charge on any atom is -0.379 e. The Bertz CT molecular complexity index is 1020. The van der Waals surface area contributed by atoms with E-state index in [0.717, 1.165) is 59.4 Å². The maximum Gasteiger partial charge on any atom is 0.260 e. The predicted octanol–water partition coefficient (Wildman–Crippen LogP) is 3.96. The largest absolute Gasteiger partial charge is 0.379 e. The number of morpholine rings is 1. The van der Waals surface area contributed by atoms with Crippen molar-refractivity contribution in [3.8, 4) is 0 Å². The topological polar surface area (TPSA) is 48.9 Å². The molecule has 1 fully saturated rings. The molecule has 1 amide bonds.